The van der Waals surface area contributed by atoms with Gasteiger partial charge in [0, 0.05) is 21.7 Å². The molecule has 0 unspecified atom stereocenters. The van der Waals surface area contributed by atoms with Gasteiger partial charge in [0.05, 0.1) is 16.8 Å². The fraction of sp³-hybridized carbons (Fsp3) is 0.111. The van der Waals surface area contributed by atoms with Crippen molar-refractivity contribution in [1.29, 1.82) is 0 Å². The Balaban J connectivity index is 2.35. The molecule has 1 aromatic heterocycles. The summed E-state index contributed by atoms with van der Waals surface area (Å²) in [4.78, 5) is 22.8. The van der Waals surface area contributed by atoms with E-state index < -0.39 is 28.3 Å². The number of aliphatic carboxylic acids is 1. The summed E-state index contributed by atoms with van der Waals surface area (Å²) < 4.78 is 27.4. The van der Waals surface area contributed by atoms with E-state index in [9.17, 15) is 23.1 Å². The molecule has 7 nitrogen and oxygen atoms in total. The topological polar surface area (TPSA) is 119 Å². The van der Waals surface area contributed by atoms with Gasteiger partial charge in [0.25, 0.3) is 10.0 Å². The molecule has 1 amide bonds. The molecule has 9 heteroatoms. The van der Waals surface area contributed by atoms with Gasteiger partial charge in [-0.25, -0.2) is 12.4 Å². The maximum absolute atomic E-state index is 13.2. The number of amides is 1. The molecule has 0 bridgehead atoms. The van der Waals surface area contributed by atoms with E-state index in [4.69, 9.17) is 17.3 Å². The van der Waals surface area contributed by atoms with Crippen molar-refractivity contribution in [1.82, 2.24) is 3.97 Å². The first-order valence-corrected chi connectivity index (χ1v) is 9.61. The standard InChI is InChI=1S/C18H15ClN2O5S/c1-10-14(9-17(22)23)15-8-11(18(20)24)2-7-16(15)21(10)27(25,26)13-5-3-12(19)4-6-13/h2-8H,9H2,1H3,(H2,20,24)(H,22,23). The number of carbonyl (C=O) groups is 2. The number of nitrogens with zero attached hydrogens (tertiary/aromatic N) is 1. The van der Waals surface area contributed by atoms with Crippen molar-refractivity contribution >= 4 is 44.4 Å². The van der Waals surface area contributed by atoms with Gasteiger partial charge in [-0.05, 0) is 55.0 Å². The maximum atomic E-state index is 13.2. The summed E-state index contributed by atoms with van der Waals surface area (Å²) in [6, 6.07) is 9.92. The summed E-state index contributed by atoms with van der Waals surface area (Å²) in [5.74, 6) is -1.81. The van der Waals surface area contributed by atoms with Crippen molar-refractivity contribution in [2.75, 3.05) is 0 Å². The number of nitrogens with two attached hydrogens (primary N) is 1. The van der Waals surface area contributed by atoms with Crippen molar-refractivity contribution < 1.29 is 23.1 Å². The zero-order valence-corrected chi connectivity index (χ0v) is 15.7. The predicted octanol–water partition coefficient (Wildman–Crippen LogP) is 2.57. The van der Waals surface area contributed by atoms with E-state index in [1.807, 2.05) is 0 Å². The second kappa shape index (κ2) is 6.71. The maximum Gasteiger partial charge on any atom is 0.307 e. The van der Waals surface area contributed by atoms with E-state index in [2.05, 4.69) is 0 Å². The number of primary amides is 1. The molecule has 0 saturated carbocycles. The molecule has 0 aliphatic carbocycles. The number of halogens is 1. The summed E-state index contributed by atoms with van der Waals surface area (Å²) >= 11 is 5.83. The minimum absolute atomic E-state index is 0.00718. The van der Waals surface area contributed by atoms with Crippen LogP contribution in [0.25, 0.3) is 10.9 Å². The van der Waals surface area contributed by atoms with Crippen LogP contribution in [0.3, 0.4) is 0 Å². The fourth-order valence-corrected chi connectivity index (χ4v) is 4.71. The Morgan fingerprint density at radius 2 is 1.78 bits per heavy atom. The molecular formula is C18H15ClN2O5S. The summed E-state index contributed by atoms with van der Waals surface area (Å²) in [6.45, 7) is 1.52. The lowest BCUT2D eigenvalue weighted by atomic mass is 10.1. The van der Waals surface area contributed by atoms with E-state index in [0.717, 1.165) is 3.97 Å². The fourth-order valence-electron chi connectivity index (χ4n) is 3.00. The Kier molecular flexibility index (Phi) is 4.71. The number of carbonyl (C=O) groups excluding carboxylic acids is 1. The van der Waals surface area contributed by atoms with Crippen LogP contribution in [0.1, 0.15) is 21.6 Å². The molecule has 3 aromatic rings. The van der Waals surface area contributed by atoms with E-state index in [1.165, 1.54) is 49.4 Å². The highest BCUT2D eigenvalue weighted by Crippen LogP contribution is 2.31. The van der Waals surface area contributed by atoms with Crippen molar-refractivity contribution in [3.05, 3.63) is 64.3 Å². The molecule has 27 heavy (non-hydrogen) atoms. The Hall–Kier alpha value is -2.84. The number of fused-ring (bicyclic) bond motifs is 1. The lowest BCUT2D eigenvalue weighted by molar-refractivity contribution is -0.136. The zero-order valence-electron chi connectivity index (χ0n) is 14.1. The molecule has 0 fully saturated rings. The average molecular weight is 407 g/mol. The van der Waals surface area contributed by atoms with E-state index in [-0.39, 0.29) is 21.7 Å². The lowest BCUT2D eigenvalue weighted by Gasteiger charge is -2.10. The van der Waals surface area contributed by atoms with Crippen LogP contribution in [0.2, 0.25) is 5.02 Å². The van der Waals surface area contributed by atoms with Gasteiger partial charge in [-0.1, -0.05) is 11.6 Å². The number of benzene rings is 2. The van der Waals surface area contributed by atoms with Crippen LogP contribution in [0.4, 0.5) is 0 Å². The van der Waals surface area contributed by atoms with Crippen LogP contribution in [-0.4, -0.2) is 29.4 Å². The average Bonchev–Trinajstić information content (AvgIpc) is 2.86. The number of hydrogen-bond acceptors (Lipinski definition) is 4. The third-order valence-electron chi connectivity index (χ3n) is 4.25. The number of carboxylic acids is 1. The zero-order chi connectivity index (χ0) is 19.9. The number of hydrogen-bond donors (Lipinski definition) is 2. The molecular weight excluding hydrogens is 392 g/mol. The molecule has 2 aromatic carbocycles. The predicted molar refractivity (Wildman–Crippen MR) is 101 cm³/mol. The van der Waals surface area contributed by atoms with Crippen LogP contribution < -0.4 is 5.73 Å². The highest BCUT2D eigenvalue weighted by molar-refractivity contribution is 7.90. The molecule has 1 heterocycles. The van der Waals surface area contributed by atoms with Gasteiger partial charge >= 0.3 is 5.97 Å². The first kappa shape index (κ1) is 18.9. The van der Waals surface area contributed by atoms with Gasteiger partial charge in [0.1, 0.15) is 0 Å². The third kappa shape index (κ3) is 3.29. The van der Waals surface area contributed by atoms with Gasteiger partial charge in [0.2, 0.25) is 5.91 Å². The van der Waals surface area contributed by atoms with Gasteiger partial charge in [-0.15, -0.1) is 0 Å². The van der Waals surface area contributed by atoms with E-state index in [1.54, 1.807) is 0 Å². The SMILES string of the molecule is Cc1c(CC(=O)O)c2cc(C(N)=O)ccc2n1S(=O)(=O)c1ccc(Cl)cc1. The number of rotatable bonds is 5. The molecule has 0 atom stereocenters. The van der Waals surface area contributed by atoms with Crippen LogP contribution in [-0.2, 0) is 21.2 Å². The summed E-state index contributed by atoms with van der Waals surface area (Å²) in [7, 11) is -4.01. The monoisotopic (exact) mass is 406 g/mol. The quantitative estimate of drug-likeness (QED) is 0.674. The van der Waals surface area contributed by atoms with Crippen LogP contribution in [0.15, 0.2) is 47.4 Å². The number of aromatic nitrogens is 1. The second-order valence-corrected chi connectivity index (χ2v) is 8.18. The normalized spacial score (nSPS) is 11.6. The lowest BCUT2D eigenvalue weighted by Crippen LogP contribution is -2.15. The molecule has 140 valence electrons. The van der Waals surface area contributed by atoms with Crippen molar-refractivity contribution in [2.45, 2.75) is 18.2 Å². The molecule has 0 saturated heterocycles. The Morgan fingerprint density at radius 3 is 2.33 bits per heavy atom. The van der Waals surface area contributed by atoms with Crippen molar-refractivity contribution in [3.63, 3.8) is 0 Å². The van der Waals surface area contributed by atoms with Crippen LogP contribution in [0, 0.1) is 6.92 Å². The molecule has 3 rings (SSSR count). The van der Waals surface area contributed by atoms with Gasteiger partial charge < -0.3 is 10.8 Å². The number of carboxylic acid groups (broad SMARTS) is 1. The summed E-state index contributed by atoms with van der Waals surface area (Å²) in [6.07, 6.45) is -0.395. The Labute approximate surface area is 160 Å². The molecule has 0 aliphatic rings. The van der Waals surface area contributed by atoms with Crippen LogP contribution >= 0.6 is 11.6 Å². The Bertz CT molecular complexity index is 1180. The molecule has 0 radical (unpaired) electrons. The Morgan fingerprint density at radius 1 is 1.15 bits per heavy atom. The van der Waals surface area contributed by atoms with Crippen molar-refractivity contribution in [3.8, 4) is 0 Å². The highest BCUT2D eigenvalue weighted by atomic mass is 35.5. The first-order chi connectivity index (χ1) is 12.6. The minimum atomic E-state index is -4.01. The summed E-state index contributed by atoms with van der Waals surface area (Å²) in [5.41, 5.74) is 6.29. The summed E-state index contributed by atoms with van der Waals surface area (Å²) in [5, 5.41) is 9.96. The molecule has 0 aliphatic heterocycles. The largest absolute Gasteiger partial charge is 0.481 e. The molecule has 0 spiro atoms. The van der Waals surface area contributed by atoms with Gasteiger partial charge in [-0.3, -0.25) is 9.59 Å². The van der Waals surface area contributed by atoms with Gasteiger partial charge in [-0.2, -0.15) is 0 Å². The first-order valence-electron chi connectivity index (χ1n) is 7.79. The van der Waals surface area contributed by atoms with Gasteiger partial charge in [0.15, 0.2) is 0 Å². The minimum Gasteiger partial charge on any atom is -0.481 e. The van der Waals surface area contributed by atoms with E-state index >= 15 is 0 Å². The van der Waals surface area contributed by atoms with Crippen molar-refractivity contribution in [2.24, 2.45) is 5.73 Å². The smallest absolute Gasteiger partial charge is 0.307 e. The molecule has 3 N–H and O–H groups in total. The highest BCUT2D eigenvalue weighted by Gasteiger charge is 2.26. The second-order valence-electron chi connectivity index (χ2n) is 5.95. The third-order valence-corrected chi connectivity index (χ3v) is 6.32. The van der Waals surface area contributed by atoms with Crippen LogP contribution in [0.5, 0.6) is 0 Å². The van der Waals surface area contributed by atoms with E-state index in [0.29, 0.717) is 16.0 Å².